The van der Waals surface area contributed by atoms with E-state index >= 15 is 0 Å². The largest absolute Gasteiger partial charge is 0.475 e. The van der Waals surface area contributed by atoms with Crippen molar-refractivity contribution in [1.82, 2.24) is 10.3 Å². The molecule has 2 aromatic rings. The molecule has 3 N–H and O–H groups in total. The van der Waals surface area contributed by atoms with Gasteiger partial charge < -0.3 is 20.5 Å². The number of halogens is 3. The van der Waals surface area contributed by atoms with Crippen LogP contribution in [-0.2, 0) is 11.3 Å². The zero-order valence-corrected chi connectivity index (χ0v) is 19.0. The highest BCUT2D eigenvalue weighted by atomic mass is 127. The van der Waals surface area contributed by atoms with Crippen molar-refractivity contribution in [3.8, 4) is 5.88 Å². The summed E-state index contributed by atoms with van der Waals surface area (Å²) in [5, 5.41) is 4.28. The summed E-state index contributed by atoms with van der Waals surface area (Å²) in [5.74, 6) is 0.824. The van der Waals surface area contributed by atoms with E-state index in [1.165, 1.54) is 0 Å². The molecule has 0 saturated heterocycles. The molecule has 0 spiro atoms. The number of hydrogen-bond acceptors (Lipinski definition) is 4. The average Bonchev–Trinajstić information content (AvgIpc) is 2.61. The Bertz CT molecular complexity index is 762. The summed E-state index contributed by atoms with van der Waals surface area (Å²) >= 11 is 12.1. The zero-order valence-electron chi connectivity index (χ0n) is 15.1. The molecule has 1 aromatic carbocycles. The van der Waals surface area contributed by atoms with E-state index in [0.717, 1.165) is 11.1 Å². The molecule has 6 nitrogen and oxygen atoms in total. The monoisotopic (exact) mass is 524 g/mol. The van der Waals surface area contributed by atoms with E-state index in [1.807, 2.05) is 25.1 Å². The fraction of sp³-hybridized carbons (Fsp3) is 0.333. The van der Waals surface area contributed by atoms with E-state index in [-0.39, 0.29) is 30.0 Å². The van der Waals surface area contributed by atoms with E-state index in [2.05, 4.69) is 15.3 Å². The lowest BCUT2D eigenvalue weighted by molar-refractivity contribution is 0.143. The van der Waals surface area contributed by atoms with Gasteiger partial charge in [0.1, 0.15) is 6.61 Å². The number of benzene rings is 1. The summed E-state index contributed by atoms with van der Waals surface area (Å²) < 4.78 is 10.6. The van der Waals surface area contributed by atoms with E-state index in [4.69, 9.17) is 38.4 Å². The molecule has 1 unspecified atom stereocenters. The van der Waals surface area contributed by atoms with E-state index in [1.54, 1.807) is 25.4 Å². The number of methoxy groups -OCH3 is 1. The van der Waals surface area contributed by atoms with Crippen LogP contribution >= 0.6 is 47.2 Å². The molecule has 2 rings (SSSR count). The van der Waals surface area contributed by atoms with Crippen molar-refractivity contribution < 1.29 is 9.47 Å². The second-order valence-electron chi connectivity index (χ2n) is 5.54. The summed E-state index contributed by atoms with van der Waals surface area (Å²) in [4.78, 5) is 8.58. The molecule has 27 heavy (non-hydrogen) atoms. The maximum atomic E-state index is 6.22. The van der Waals surface area contributed by atoms with Crippen LogP contribution in [0.1, 0.15) is 24.1 Å². The Hall–Kier alpha value is -1.29. The average molecular weight is 525 g/mol. The van der Waals surface area contributed by atoms with Crippen LogP contribution in [0.2, 0.25) is 10.0 Å². The highest BCUT2D eigenvalue weighted by Gasteiger charge is 2.11. The van der Waals surface area contributed by atoms with Crippen molar-refractivity contribution >= 4 is 53.1 Å². The van der Waals surface area contributed by atoms with Crippen LogP contribution in [0.15, 0.2) is 41.5 Å². The quantitative estimate of drug-likeness (QED) is 0.234. The van der Waals surface area contributed by atoms with Gasteiger partial charge in [0, 0.05) is 28.9 Å². The number of ether oxygens (including phenoxy) is 2. The number of pyridine rings is 1. The summed E-state index contributed by atoms with van der Waals surface area (Å²) in [5.41, 5.74) is 7.73. The molecule has 0 saturated carbocycles. The number of aromatic nitrogens is 1. The summed E-state index contributed by atoms with van der Waals surface area (Å²) in [6.45, 7) is 3.20. The fourth-order valence-electron chi connectivity index (χ4n) is 2.26. The van der Waals surface area contributed by atoms with Crippen LogP contribution in [0.4, 0.5) is 0 Å². The zero-order chi connectivity index (χ0) is 18.9. The lowest BCUT2D eigenvalue weighted by Crippen LogP contribution is -2.34. The number of rotatable bonds is 8. The molecule has 0 radical (unpaired) electrons. The van der Waals surface area contributed by atoms with Crippen LogP contribution in [0.25, 0.3) is 0 Å². The number of nitrogens with zero attached hydrogens (tertiary/aromatic N) is 2. The first-order chi connectivity index (χ1) is 12.5. The Labute approximate surface area is 186 Å². The molecule has 148 valence electrons. The third kappa shape index (κ3) is 7.69. The first-order valence-electron chi connectivity index (χ1n) is 8.08. The van der Waals surface area contributed by atoms with Crippen molar-refractivity contribution in [2.24, 2.45) is 10.7 Å². The Morgan fingerprint density at radius 3 is 2.78 bits per heavy atom. The molecule has 0 fully saturated rings. The van der Waals surface area contributed by atoms with Crippen LogP contribution in [-0.4, -0.2) is 31.3 Å². The van der Waals surface area contributed by atoms with Gasteiger partial charge in [0.25, 0.3) is 0 Å². The smallest absolute Gasteiger partial charge is 0.218 e. The normalized spacial score (nSPS) is 12.2. The minimum Gasteiger partial charge on any atom is -0.475 e. The second-order valence-corrected chi connectivity index (χ2v) is 6.39. The van der Waals surface area contributed by atoms with E-state index in [0.29, 0.717) is 41.6 Å². The number of aliphatic imine (C=N–C) groups is 1. The van der Waals surface area contributed by atoms with Crippen LogP contribution in [0.3, 0.4) is 0 Å². The van der Waals surface area contributed by atoms with Crippen molar-refractivity contribution in [2.45, 2.75) is 19.5 Å². The molecule has 0 aliphatic heterocycles. The van der Waals surface area contributed by atoms with Gasteiger partial charge in [0.2, 0.25) is 5.88 Å². The van der Waals surface area contributed by atoms with Crippen molar-refractivity contribution in [3.63, 3.8) is 0 Å². The molecule has 0 aliphatic rings. The SMILES string of the molecule is COCCOc1ncccc1CN=C(N)NC(C)c1ccc(Cl)cc1Cl.I. The molecule has 1 aromatic heterocycles. The molecule has 0 bridgehead atoms. The van der Waals surface area contributed by atoms with Gasteiger partial charge >= 0.3 is 0 Å². The minimum atomic E-state index is -0.116. The van der Waals surface area contributed by atoms with Gasteiger partial charge in [-0.1, -0.05) is 35.3 Å². The fourth-order valence-corrected chi connectivity index (χ4v) is 2.84. The van der Waals surface area contributed by atoms with Crippen LogP contribution < -0.4 is 15.8 Å². The van der Waals surface area contributed by atoms with Crippen molar-refractivity contribution in [1.29, 1.82) is 0 Å². The lowest BCUT2D eigenvalue weighted by atomic mass is 10.1. The van der Waals surface area contributed by atoms with Crippen molar-refractivity contribution in [2.75, 3.05) is 20.3 Å². The highest BCUT2D eigenvalue weighted by molar-refractivity contribution is 14.0. The standard InChI is InChI=1S/C18H22Cl2N4O2.HI/c1-12(15-6-5-14(19)10-16(15)20)24-18(21)23-11-13-4-3-7-22-17(13)26-9-8-25-2;/h3-7,10,12H,8-9,11H2,1-2H3,(H3,21,23,24);1H. The van der Waals surface area contributed by atoms with Crippen LogP contribution in [0, 0.1) is 0 Å². The van der Waals surface area contributed by atoms with E-state index < -0.39 is 0 Å². The number of nitrogens with one attached hydrogen (secondary N) is 1. The number of hydrogen-bond donors (Lipinski definition) is 2. The Morgan fingerprint density at radius 1 is 1.30 bits per heavy atom. The third-order valence-electron chi connectivity index (χ3n) is 3.59. The third-order valence-corrected chi connectivity index (χ3v) is 4.15. The van der Waals surface area contributed by atoms with E-state index in [9.17, 15) is 0 Å². The Morgan fingerprint density at radius 2 is 2.07 bits per heavy atom. The topological polar surface area (TPSA) is 81.8 Å². The molecule has 0 amide bonds. The summed E-state index contributed by atoms with van der Waals surface area (Å²) in [7, 11) is 1.62. The lowest BCUT2D eigenvalue weighted by Gasteiger charge is -2.16. The summed E-state index contributed by atoms with van der Waals surface area (Å²) in [6, 6.07) is 8.95. The van der Waals surface area contributed by atoms with Gasteiger partial charge in [0.15, 0.2) is 5.96 Å². The highest BCUT2D eigenvalue weighted by Crippen LogP contribution is 2.26. The van der Waals surface area contributed by atoms with Gasteiger partial charge in [0.05, 0.1) is 19.2 Å². The number of guanidine groups is 1. The molecule has 0 aliphatic carbocycles. The summed E-state index contributed by atoms with van der Waals surface area (Å²) in [6.07, 6.45) is 1.67. The Kier molecular flexibility index (Phi) is 10.8. The molecular formula is C18H23Cl2IN4O2. The van der Waals surface area contributed by atoms with Gasteiger partial charge in [-0.3, -0.25) is 0 Å². The molecule has 9 heteroatoms. The predicted octanol–water partition coefficient (Wildman–Crippen LogP) is 4.20. The molecule has 1 heterocycles. The first-order valence-corrected chi connectivity index (χ1v) is 8.84. The number of nitrogens with two attached hydrogens (primary N) is 1. The Balaban J connectivity index is 0.00000364. The van der Waals surface area contributed by atoms with Gasteiger partial charge in [-0.25, -0.2) is 9.98 Å². The van der Waals surface area contributed by atoms with Gasteiger partial charge in [-0.2, -0.15) is 0 Å². The van der Waals surface area contributed by atoms with Gasteiger partial charge in [-0.05, 0) is 30.7 Å². The maximum Gasteiger partial charge on any atom is 0.218 e. The molecular weight excluding hydrogens is 502 g/mol. The van der Waals surface area contributed by atoms with Gasteiger partial charge in [-0.15, -0.1) is 24.0 Å². The first kappa shape index (κ1) is 23.7. The minimum absolute atomic E-state index is 0. The van der Waals surface area contributed by atoms with Crippen LogP contribution in [0.5, 0.6) is 5.88 Å². The predicted molar refractivity (Wildman–Crippen MR) is 120 cm³/mol. The molecule has 1 atom stereocenters. The second kappa shape index (κ2) is 12.2. The maximum absolute atomic E-state index is 6.22. The van der Waals surface area contributed by atoms with Crippen molar-refractivity contribution in [3.05, 3.63) is 57.7 Å².